The van der Waals surface area contributed by atoms with Crippen molar-refractivity contribution in [1.82, 2.24) is 0 Å². The lowest BCUT2D eigenvalue weighted by Crippen LogP contribution is -2.50. The molecular weight excluding hydrogens is 448 g/mol. The van der Waals surface area contributed by atoms with Gasteiger partial charge in [0.15, 0.2) is 0 Å². The summed E-state index contributed by atoms with van der Waals surface area (Å²) in [4.78, 5) is 11.4. The molecule has 0 saturated heterocycles. The second-order valence-corrected chi connectivity index (χ2v) is 13.6. The van der Waals surface area contributed by atoms with E-state index < -0.39 is 10.1 Å². The predicted octanol–water partition coefficient (Wildman–Crippen LogP) is 6.20. The fraction of sp³-hybridized carbons (Fsp3) is 0.821. The Morgan fingerprint density at radius 1 is 1.15 bits per heavy atom. The quantitative estimate of drug-likeness (QED) is 0.183. The maximum atomic E-state index is 11.7. The van der Waals surface area contributed by atoms with Gasteiger partial charge in [0, 0.05) is 6.42 Å². The summed E-state index contributed by atoms with van der Waals surface area (Å²) in [5.74, 6) is 2.72. The van der Waals surface area contributed by atoms with Crippen molar-refractivity contribution in [1.29, 1.82) is 0 Å². The molecule has 4 rings (SSSR count). The molecule has 0 N–H and O–H groups in total. The summed E-state index contributed by atoms with van der Waals surface area (Å²) >= 11 is 0. The van der Waals surface area contributed by atoms with Crippen LogP contribution in [0.3, 0.4) is 0 Å². The lowest BCUT2D eigenvalue weighted by molar-refractivity contribution is -0.140. The van der Waals surface area contributed by atoms with Crippen molar-refractivity contribution in [3.05, 3.63) is 23.3 Å². The van der Waals surface area contributed by atoms with E-state index in [9.17, 15) is 13.2 Å². The van der Waals surface area contributed by atoms with Gasteiger partial charge in [0.25, 0.3) is 10.1 Å². The van der Waals surface area contributed by atoms with E-state index in [1.165, 1.54) is 50.2 Å². The Morgan fingerprint density at radius 3 is 2.62 bits per heavy atom. The molecule has 0 spiro atoms. The standard InChI is InChI=1S/C28H44O5S/c1-19(8-6-7-9-26(29)32-4)23-12-13-24-22-11-10-20-18-21(33-34(5,30)31)14-16-27(20,2)25(22)15-17-28(23,24)3/h8,10,21-25H,6-7,9,11-18H2,1-5H3/b19-8+/t21-,22-,23+,24-,25-,27-,28+/m0/s1. The van der Waals surface area contributed by atoms with Gasteiger partial charge in [-0.1, -0.05) is 37.1 Å². The molecule has 7 atom stereocenters. The number of allylic oxidation sites excluding steroid dienone is 3. The summed E-state index contributed by atoms with van der Waals surface area (Å²) in [5.41, 5.74) is 3.53. The Bertz CT molecular complexity index is 950. The molecule has 0 bridgehead atoms. The highest BCUT2D eigenvalue weighted by Crippen LogP contribution is 2.67. The van der Waals surface area contributed by atoms with Crippen molar-refractivity contribution in [3.8, 4) is 0 Å². The number of hydrogen-bond donors (Lipinski definition) is 0. The van der Waals surface area contributed by atoms with Gasteiger partial charge in [0.2, 0.25) is 0 Å². The van der Waals surface area contributed by atoms with E-state index in [2.05, 4.69) is 32.9 Å². The van der Waals surface area contributed by atoms with Crippen LogP contribution < -0.4 is 0 Å². The highest BCUT2D eigenvalue weighted by atomic mass is 32.2. The minimum atomic E-state index is -3.41. The molecule has 0 aromatic rings. The molecule has 192 valence electrons. The zero-order valence-electron chi connectivity index (χ0n) is 21.8. The molecule has 5 nitrogen and oxygen atoms in total. The van der Waals surface area contributed by atoms with Crippen LogP contribution in [0, 0.1) is 34.5 Å². The van der Waals surface area contributed by atoms with Crippen LogP contribution in [0.1, 0.15) is 91.4 Å². The third-order valence-electron chi connectivity index (χ3n) is 10.2. The summed E-state index contributed by atoms with van der Waals surface area (Å²) in [6.07, 6.45) is 17.1. The number of ether oxygens (including phenoxy) is 1. The molecule has 0 amide bonds. The molecule has 3 fully saturated rings. The maximum absolute atomic E-state index is 11.7. The Morgan fingerprint density at radius 2 is 1.91 bits per heavy atom. The topological polar surface area (TPSA) is 69.7 Å². The molecular formula is C28H44O5S. The van der Waals surface area contributed by atoms with Crippen LogP contribution >= 0.6 is 0 Å². The van der Waals surface area contributed by atoms with E-state index >= 15 is 0 Å². The summed E-state index contributed by atoms with van der Waals surface area (Å²) in [6.45, 7) is 7.31. The highest BCUT2D eigenvalue weighted by Gasteiger charge is 2.58. The number of carbonyl (C=O) groups excluding carboxylic acids is 1. The normalized spacial score (nSPS) is 40.1. The van der Waals surface area contributed by atoms with Crippen molar-refractivity contribution in [2.24, 2.45) is 34.5 Å². The predicted molar refractivity (Wildman–Crippen MR) is 135 cm³/mol. The van der Waals surface area contributed by atoms with E-state index in [1.807, 2.05) is 0 Å². The molecule has 0 aromatic carbocycles. The van der Waals surface area contributed by atoms with Gasteiger partial charge < -0.3 is 4.74 Å². The summed E-state index contributed by atoms with van der Waals surface area (Å²) in [7, 11) is -1.95. The van der Waals surface area contributed by atoms with Crippen LogP contribution in [0.25, 0.3) is 0 Å². The first-order valence-corrected chi connectivity index (χ1v) is 15.1. The van der Waals surface area contributed by atoms with Crippen molar-refractivity contribution in [2.75, 3.05) is 13.4 Å². The first kappa shape index (κ1) is 25.9. The van der Waals surface area contributed by atoms with Crippen molar-refractivity contribution >= 4 is 16.1 Å². The molecule has 4 aliphatic carbocycles. The van der Waals surface area contributed by atoms with Gasteiger partial charge in [-0.2, -0.15) is 8.42 Å². The monoisotopic (exact) mass is 492 g/mol. The third kappa shape index (κ3) is 4.91. The van der Waals surface area contributed by atoms with Gasteiger partial charge >= 0.3 is 5.97 Å². The van der Waals surface area contributed by atoms with Crippen LogP contribution in [0.4, 0.5) is 0 Å². The first-order valence-electron chi connectivity index (χ1n) is 13.3. The fourth-order valence-electron chi connectivity index (χ4n) is 8.53. The molecule has 6 heteroatoms. The van der Waals surface area contributed by atoms with Gasteiger partial charge in [0.1, 0.15) is 0 Å². The van der Waals surface area contributed by atoms with Crippen LogP contribution in [-0.4, -0.2) is 33.9 Å². The number of esters is 1. The lowest BCUT2D eigenvalue weighted by Gasteiger charge is -2.58. The van der Waals surface area contributed by atoms with Crippen LogP contribution in [0.5, 0.6) is 0 Å². The van der Waals surface area contributed by atoms with Crippen molar-refractivity contribution in [2.45, 2.75) is 97.5 Å². The number of methoxy groups -OCH3 is 1. The molecule has 0 radical (unpaired) electrons. The summed E-state index contributed by atoms with van der Waals surface area (Å²) in [6, 6.07) is 0. The van der Waals surface area contributed by atoms with Gasteiger partial charge in [-0.25, -0.2) is 0 Å². The lowest BCUT2D eigenvalue weighted by atomic mass is 9.47. The van der Waals surface area contributed by atoms with Gasteiger partial charge in [-0.3, -0.25) is 8.98 Å². The molecule has 0 unspecified atom stereocenters. The average molecular weight is 493 g/mol. The zero-order chi connectivity index (χ0) is 24.7. The number of carbonyl (C=O) groups is 1. The SMILES string of the molecule is COC(=O)CCC/C=C(\C)[C@H]1CC[C@H]2[C@@H]3CC=C4C[C@@H](OS(C)(=O)=O)CC[C@]4(C)[C@H]3CC[C@]12C. The Labute approximate surface area is 206 Å². The minimum Gasteiger partial charge on any atom is -0.469 e. The fourth-order valence-corrected chi connectivity index (χ4v) is 9.18. The number of unbranched alkanes of at least 4 members (excludes halogenated alkanes) is 1. The maximum Gasteiger partial charge on any atom is 0.305 e. The zero-order valence-corrected chi connectivity index (χ0v) is 22.6. The Balaban J connectivity index is 1.45. The van der Waals surface area contributed by atoms with E-state index in [0.29, 0.717) is 23.7 Å². The third-order valence-corrected chi connectivity index (χ3v) is 10.8. The Hall–Kier alpha value is -1.14. The molecule has 3 saturated carbocycles. The minimum absolute atomic E-state index is 0.118. The molecule has 4 aliphatic rings. The largest absolute Gasteiger partial charge is 0.469 e. The second-order valence-electron chi connectivity index (χ2n) is 12.0. The van der Waals surface area contributed by atoms with Gasteiger partial charge in [0.05, 0.1) is 19.5 Å². The summed E-state index contributed by atoms with van der Waals surface area (Å²) < 4.78 is 33.5. The molecule has 0 heterocycles. The number of rotatable bonds is 7. The highest BCUT2D eigenvalue weighted by molar-refractivity contribution is 7.86. The van der Waals surface area contributed by atoms with Crippen LogP contribution in [0.15, 0.2) is 23.3 Å². The van der Waals surface area contributed by atoms with E-state index in [0.717, 1.165) is 50.4 Å². The van der Waals surface area contributed by atoms with Gasteiger partial charge in [-0.05, 0) is 106 Å². The van der Waals surface area contributed by atoms with Crippen molar-refractivity contribution in [3.63, 3.8) is 0 Å². The molecule has 0 aliphatic heterocycles. The Kier molecular flexibility index (Phi) is 7.42. The van der Waals surface area contributed by atoms with E-state index in [-0.39, 0.29) is 17.5 Å². The summed E-state index contributed by atoms with van der Waals surface area (Å²) in [5, 5.41) is 0. The number of fused-ring (bicyclic) bond motifs is 5. The average Bonchev–Trinajstić information content (AvgIpc) is 3.13. The molecule has 0 aromatic heterocycles. The molecule has 34 heavy (non-hydrogen) atoms. The van der Waals surface area contributed by atoms with Crippen LogP contribution in [-0.2, 0) is 23.8 Å². The first-order chi connectivity index (χ1) is 16.0. The van der Waals surface area contributed by atoms with Gasteiger partial charge in [-0.15, -0.1) is 0 Å². The van der Waals surface area contributed by atoms with E-state index in [4.69, 9.17) is 8.92 Å². The smallest absolute Gasteiger partial charge is 0.305 e. The second kappa shape index (κ2) is 9.72. The number of hydrogen-bond acceptors (Lipinski definition) is 5. The van der Waals surface area contributed by atoms with Crippen molar-refractivity contribution < 1.29 is 22.1 Å². The van der Waals surface area contributed by atoms with Crippen LogP contribution in [0.2, 0.25) is 0 Å². The van der Waals surface area contributed by atoms with E-state index in [1.54, 1.807) is 0 Å².